The fraction of sp³-hybridized carbons (Fsp3) is 0.261. The van der Waals surface area contributed by atoms with Crippen LogP contribution in [0.2, 0.25) is 0 Å². The molecule has 1 saturated carbocycles. The molecule has 30 heavy (non-hydrogen) atoms. The van der Waals surface area contributed by atoms with Crippen molar-refractivity contribution in [1.29, 1.82) is 0 Å². The first-order chi connectivity index (χ1) is 14.6. The van der Waals surface area contributed by atoms with E-state index in [1.807, 2.05) is 5.38 Å². The predicted molar refractivity (Wildman–Crippen MR) is 114 cm³/mol. The fourth-order valence-corrected chi connectivity index (χ4v) is 4.55. The van der Waals surface area contributed by atoms with Crippen LogP contribution >= 0.6 is 11.3 Å². The maximum absolute atomic E-state index is 13.5. The topological polar surface area (TPSA) is 68.3 Å². The molecule has 0 radical (unpaired) electrons. The molecule has 2 heterocycles. The normalized spacial score (nSPS) is 14.3. The first kappa shape index (κ1) is 20.2. The zero-order chi connectivity index (χ0) is 20.9. The van der Waals surface area contributed by atoms with E-state index in [1.54, 1.807) is 24.5 Å². The lowest BCUT2D eigenvalue weighted by molar-refractivity contribution is 0.0214. The van der Waals surface area contributed by atoms with Crippen molar-refractivity contribution in [2.45, 2.75) is 38.2 Å². The molecular formula is C23H21FN2O3S. The van der Waals surface area contributed by atoms with E-state index in [1.165, 1.54) is 29.5 Å². The number of amides is 1. The zero-order valence-electron chi connectivity index (χ0n) is 16.3. The van der Waals surface area contributed by atoms with Crippen LogP contribution in [0.3, 0.4) is 0 Å². The second-order valence-corrected chi connectivity index (χ2v) is 8.10. The van der Waals surface area contributed by atoms with E-state index in [0.717, 1.165) is 43.7 Å². The van der Waals surface area contributed by atoms with Gasteiger partial charge in [0.15, 0.2) is 0 Å². The Labute approximate surface area is 177 Å². The second kappa shape index (κ2) is 9.17. The van der Waals surface area contributed by atoms with Gasteiger partial charge in [0.1, 0.15) is 22.5 Å². The molecule has 0 bridgehead atoms. The lowest BCUT2D eigenvalue weighted by Crippen LogP contribution is -2.22. The SMILES string of the molecule is O=C(Nc1scc(-c2ccncc2)c1C(=O)OC1CCCCC1)c1cccc(F)c1. The first-order valence-corrected chi connectivity index (χ1v) is 10.8. The standard InChI is InChI=1S/C23H21FN2O3S/c24-17-6-4-5-16(13-17)21(27)26-22-20(23(28)29-18-7-2-1-3-8-18)19(14-30-22)15-9-11-25-12-10-15/h4-6,9-14,18H,1-3,7-8H2,(H,26,27). The highest BCUT2D eigenvalue weighted by Gasteiger charge is 2.26. The van der Waals surface area contributed by atoms with Gasteiger partial charge in [-0.3, -0.25) is 9.78 Å². The number of thiophene rings is 1. The minimum absolute atomic E-state index is 0.108. The number of benzene rings is 1. The number of anilines is 1. The average molecular weight is 424 g/mol. The van der Waals surface area contributed by atoms with Crippen molar-refractivity contribution in [2.75, 3.05) is 5.32 Å². The fourth-order valence-electron chi connectivity index (χ4n) is 3.59. The number of carbonyl (C=O) groups excluding carboxylic acids is 2. The summed E-state index contributed by atoms with van der Waals surface area (Å²) in [6.07, 6.45) is 8.13. The maximum atomic E-state index is 13.5. The molecule has 2 aromatic heterocycles. The number of rotatable bonds is 5. The number of esters is 1. The zero-order valence-corrected chi connectivity index (χ0v) is 17.1. The summed E-state index contributed by atoms with van der Waals surface area (Å²) in [4.78, 5) is 29.8. The summed E-state index contributed by atoms with van der Waals surface area (Å²) < 4.78 is 19.3. The van der Waals surface area contributed by atoms with Crippen molar-refractivity contribution >= 4 is 28.2 Å². The number of carbonyl (C=O) groups is 2. The third-order valence-corrected chi connectivity index (χ3v) is 6.02. The number of nitrogens with zero attached hydrogens (tertiary/aromatic N) is 1. The number of nitrogens with one attached hydrogen (secondary N) is 1. The molecule has 1 aromatic carbocycles. The highest BCUT2D eigenvalue weighted by molar-refractivity contribution is 7.15. The Morgan fingerprint density at radius 3 is 2.60 bits per heavy atom. The molecule has 5 nitrogen and oxygen atoms in total. The number of ether oxygens (including phenoxy) is 1. The smallest absolute Gasteiger partial charge is 0.342 e. The van der Waals surface area contributed by atoms with Gasteiger partial charge < -0.3 is 10.1 Å². The van der Waals surface area contributed by atoms with E-state index >= 15 is 0 Å². The summed E-state index contributed by atoms with van der Waals surface area (Å²) >= 11 is 1.24. The molecule has 0 spiro atoms. The number of aromatic nitrogens is 1. The van der Waals surface area contributed by atoms with Gasteiger partial charge in [-0.25, -0.2) is 9.18 Å². The van der Waals surface area contributed by atoms with Gasteiger partial charge >= 0.3 is 5.97 Å². The van der Waals surface area contributed by atoms with Crippen LogP contribution in [-0.2, 0) is 4.74 Å². The first-order valence-electron chi connectivity index (χ1n) is 9.91. The molecular weight excluding hydrogens is 403 g/mol. The van der Waals surface area contributed by atoms with E-state index in [-0.39, 0.29) is 11.7 Å². The minimum Gasteiger partial charge on any atom is -0.459 e. The molecule has 1 aliphatic rings. The summed E-state index contributed by atoms with van der Waals surface area (Å²) in [5, 5.41) is 4.96. The summed E-state index contributed by atoms with van der Waals surface area (Å²) in [7, 11) is 0. The summed E-state index contributed by atoms with van der Waals surface area (Å²) in [6.45, 7) is 0. The molecule has 0 atom stereocenters. The molecule has 1 N–H and O–H groups in total. The molecule has 4 rings (SSSR count). The van der Waals surface area contributed by atoms with Gasteiger partial charge in [0.05, 0.1) is 0 Å². The van der Waals surface area contributed by atoms with Crippen LogP contribution in [0.25, 0.3) is 11.1 Å². The highest BCUT2D eigenvalue weighted by Crippen LogP contribution is 2.37. The molecule has 7 heteroatoms. The Balaban J connectivity index is 1.65. The predicted octanol–water partition coefficient (Wildman–Crippen LogP) is 5.69. The van der Waals surface area contributed by atoms with Crippen LogP contribution < -0.4 is 5.32 Å². The van der Waals surface area contributed by atoms with Crippen LogP contribution in [0.5, 0.6) is 0 Å². The Morgan fingerprint density at radius 2 is 1.87 bits per heavy atom. The van der Waals surface area contributed by atoms with Crippen LogP contribution in [0.1, 0.15) is 52.8 Å². The molecule has 154 valence electrons. The van der Waals surface area contributed by atoms with Crippen molar-refractivity contribution in [3.05, 3.63) is 71.1 Å². The molecule has 3 aromatic rings. The third-order valence-electron chi connectivity index (χ3n) is 5.13. The van der Waals surface area contributed by atoms with Crippen LogP contribution in [0.4, 0.5) is 9.39 Å². The Morgan fingerprint density at radius 1 is 1.10 bits per heavy atom. The number of hydrogen-bond donors (Lipinski definition) is 1. The summed E-state index contributed by atoms with van der Waals surface area (Å²) in [6, 6.07) is 9.04. The quantitative estimate of drug-likeness (QED) is 0.534. The molecule has 0 saturated heterocycles. The van der Waals surface area contributed by atoms with E-state index in [0.29, 0.717) is 16.1 Å². The van der Waals surface area contributed by atoms with Crippen molar-refractivity contribution in [2.24, 2.45) is 0 Å². The Hall–Kier alpha value is -3.06. The van der Waals surface area contributed by atoms with Crippen LogP contribution in [0.15, 0.2) is 54.2 Å². The van der Waals surface area contributed by atoms with Gasteiger partial charge in [-0.15, -0.1) is 11.3 Å². The number of hydrogen-bond acceptors (Lipinski definition) is 5. The molecule has 0 aliphatic heterocycles. The number of pyridine rings is 1. The van der Waals surface area contributed by atoms with Crippen molar-refractivity contribution in [1.82, 2.24) is 4.98 Å². The van der Waals surface area contributed by atoms with Crippen LogP contribution in [-0.4, -0.2) is 23.0 Å². The highest BCUT2D eigenvalue weighted by atomic mass is 32.1. The maximum Gasteiger partial charge on any atom is 0.342 e. The van der Waals surface area contributed by atoms with Gasteiger partial charge in [0.2, 0.25) is 0 Å². The van der Waals surface area contributed by atoms with Gasteiger partial charge in [-0.1, -0.05) is 12.5 Å². The van der Waals surface area contributed by atoms with Gasteiger partial charge in [0, 0.05) is 28.9 Å². The number of halogens is 1. The molecule has 1 aliphatic carbocycles. The lowest BCUT2D eigenvalue weighted by atomic mass is 9.97. The summed E-state index contributed by atoms with van der Waals surface area (Å²) in [5.41, 5.74) is 1.99. The largest absolute Gasteiger partial charge is 0.459 e. The van der Waals surface area contributed by atoms with Crippen molar-refractivity contribution in [3.8, 4) is 11.1 Å². The van der Waals surface area contributed by atoms with E-state index in [9.17, 15) is 14.0 Å². The summed E-state index contributed by atoms with van der Waals surface area (Å²) in [5.74, 6) is -1.43. The van der Waals surface area contributed by atoms with E-state index in [4.69, 9.17) is 4.74 Å². The lowest BCUT2D eigenvalue weighted by Gasteiger charge is -2.22. The third kappa shape index (κ3) is 4.57. The van der Waals surface area contributed by atoms with E-state index < -0.39 is 17.7 Å². The van der Waals surface area contributed by atoms with Crippen molar-refractivity contribution < 1.29 is 18.7 Å². The van der Waals surface area contributed by atoms with Crippen molar-refractivity contribution in [3.63, 3.8) is 0 Å². The molecule has 1 amide bonds. The van der Waals surface area contributed by atoms with Gasteiger partial charge in [-0.05, 0) is 61.6 Å². The minimum atomic E-state index is -0.497. The Bertz CT molecular complexity index is 1050. The average Bonchev–Trinajstić information content (AvgIpc) is 3.18. The molecule has 1 fully saturated rings. The monoisotopic (exact) mass is 424 g/mol. The van der Waals surface area contributed by atoms with Gasteiger partial charge in [-0.2, -0.15) is 0 Å². The van der Waals surface area contributed by atoms with Crippen LogP contribution in [0, 0.1) is 5.82 Å². The van der Waals surface area contributed by atoms with E-state index in [2.05, 4.69) is 10.3 Å². The second-order valence-electron chi connectivity index (χ2n) is 7.22. The Kier molecular flexibility index (Phi) is 6.18. The molecule has 0 unspecified atom stereocenters. The van der Waals surface area contributed by atoms with Gasteiger partial charge in [0.25, 0.3) is 5.91 Å².